The number of ether oxygens (including phenoxy) is 2. The van der Waals surface area contributed by atoms with Gasteiger partial charge in [-0.05, 0) is 50.2 Å². The molecule has 0 N–H and O–H groups in total. The SMILES string of the molecule is CCCCCCCCCCc1ccc(-c2ncc(CCCCCCOCCOCC)cn2)cc1. The molecule has 0 fully saturated rings. The Labute approximate surface area is 208 Å². The van der Waals surface area contributed by atoms with E-state index in [1.165, 1.54) is 88.2 Å². The maximum atomic E-state index is 5.56. The molecule has 190 valence electrons. The summed E-state index contributed by atoms with van der Waals surface area (Å²) in [5.74, 6) is 0.826. The molecule has 0 bridgehead atoms. The molecule has 0 unspecified atom stereocenters. The van der Waals surface area contributed by atoms with E-state index in [1.807, 2.05) is 19.3 Å². The second-order valence-corrected chi connectivity index (χ2v) is 9.31. The van der Waals surface area contributed by atoms with Crippen molar-refractivity contribution in [1.29, 1.82) is 0 Å². The number of unbranched alkanes of at least 4 members (excludes halogenated alkanes) is 10. The summed E-state index contributed by atoms with van der Waals surface area (Å²) in [4.78, 5) is 9.23. The number of hydrogen-bond acceptors (Lipinski definition) is 4. The molecule has 0 aliphatic heterocycles. The molecule has 4 nitrogen and oxygen atoms in total. The van der Waals surface area contributed by atoms with Gasteiger partial charge in [-0.25, -0.2) is 9.97 Å². The van der Waals surface area contributed by atoms with Crippen molar-refractivity contribution in [2.75, 3.05) is 26.4 Å². The molecule has 4 heteroatoms. The van der Waals surface area contributed by atoms with Crippen LogP contribution in [0.5, 0.6) is 0 Å². The van der Waals surface area contributed by atoms with Crippen LogP contribution < -0.4 is 0 Å². The zero-order valence-electron chi connectivity index (χ0n) is 21.9. The summed E-state index contributed by atoms with van der Waals surface area (Å²) in [5.41, 5.74) is 3.75. The minimum absolute atomic E-state index is 0.704. The van der Waals surface area contributed by atoms with E-state index < -0.39 is 0 Å². The number of rotatable bonds is 21. The summed E-state index contributed by atoms with van der Waals surface area (Å²) in [6.45, 7) is 7.30. The highest BCUT2D eigenvalue weighted by Crippen LogP contribution is 2.18. The van der Waals surface area contributed by atoms with Crippen molar-refractivity contribution in [3.63, 3.8) is 0 Å². The van der Waals surface area contributed by atoms with Crippen molar-refractivity contribution < 1.29 is 9.47 Å². The van der Waals surface area contributed by atoms with Gasteiger partial charge in [-0.3, -0.25) is 0 Å². The monoisotopic (exact) mass is 468 g/mol. The third-order valence-corrected chi connectivity index (χ3v) is 6.32. The van der Waals surface area contributed by atoms with Crippen molar-refractivity contribution in [3.8, 4) is 11.4 Å². The van der Waals surface area contributed by atoms with Crippen molar-refractivity contribution in [1.82, 2.24) is 9.97 Å². The fourth-order valence-corrected chi connectivity index (χ4v) is 4.17. The summed E-state index contributed by atoms with van der Waals surface area (Å²) in [6.07, 6.45) is 21.9. The largest absolute Gasteiger partial charge is 0.379 e. The Morgan fingerprint density at radius 2 is 1.12 bits per heavy atom. The first-order chi connectivity index (χ1) is 16.8. The summed E-state index contributed by atoms with van der Waals surface area (Å²) >= 11 is 0. The maximum Gasteiger partial charge on any atom is 0.159 e. The molecule has 1 aromatic heterocycles. The zero-order chi connectivity index (χ0) is 24.1. The van der Waals surface area contributed by atoms with Crippen LogP contribution in [0.3, 0.4) is 0 Å². The first-order valence-electron chi connectivity index (χ1n) is 13.9. The summed E-state index contributed by atoms with van der Waals surface area (Å²) < 4.78 is 10.8. The Morgan fingerprint density at radius 3 is 1.76 bits per heavy atom. The average Bonchev–Trinajstić information content (AvgIpc) is 2.87. The Balaban J connectivity index is 1.56. The van der Waals surface area contributed by atoms with Crippen LogP contribution in [-0.4, -0.2) is 36.4 Å². The molecular weight excluding hydrogens is 420 g/mol. The fourth-order valence-electron chi connectivity index (χ4n) is 4.17. The molecule has 2 aromatic rings. The lowest BCUT2D eigenvalue weighted by Crippen LogP contribution is -2.04. The highest BCUT2D eigenvalue weighted by Gasteiger charge is 2.03. The van der Waals surface area contributed by atoms with Gasteiger partial charge in [0.25, 0.3) is 0 Å². The van der Waals surface area contributed by atoms with Gasteiger partial charge in [0.15, 0.2) is 5.82 Å². The number of aryl methyl sites for hydroxylation is 2. The standard InChI is InChI=1S/C30H48N2O2/c1-3-5-6-7-8-9-10-13-16-27-18-20-29(21-19-27)30-31-25-28(26-32-30)17-14-11-12-15-22-34-24-23-33-4-2/h18-21,25-26H,3-17,22-24H2,1-2H3. The summed E-state index contributed by atoms with van der Waals surface area (Å²) in [6, 6.07) is 8.83. The van der Waals surface area contributed by atoms with Crippen LogP contribution in [0.15, 0.2) is 36.7 Å². The lowest BCUT2D eigenvalue weighted by atomic mass is 10.0. The van der Waals surface area contributed by atoms with E-state index in [-0.39, 0.29) is 0 Å². The Bertz CT molecular complexity index is 716. The minimum Gasteiger partial charge on any atom is -0.379 e. The van der Waals surface area contributed by atoms with E-state index in [2.05, 4.69) is 41.2 Å². The quantitative estimate of drug-likeness (QED) is 0.174. The molecule has 0 saturated carbocycles. The number of benzene rings is 1. The molecule has 34 heavy (non-hydrogen) atoms. The van der Waals surface area contributed by atoms with E-state index in [0.29, 0.717) is 13.2 Å². The van der Waals surface area contributed by atoms with E-state index in [9.17, 15) is 0 Å². The minimum atomic E-state index is 0.704. The topological polar surface area (TPSA) is 44.2 Å². The predicted molar refractivity (Wildman–Crippen MR) is 143 cm³/mol. The molecule has 0 saturated heterocycles. The normalized spacial score (nSPS) is 11.2. The molecular formula is C30H48N2O2. The third-order valence-electron chi connectivity index (χ3n) is 6.32. The smallest absolute Gasteiger partial charge is 0.159 e. The van der Waals surface area contributed by atoms with Gasteiger partial charge in [0, 0.05) is 31.2 Å². The van der Waals surface area contributed by atoms with Gasteiger partial charge in [-0.2, -0.15) is 0 Å². The van der Waals surface area contributed by atoms with Crippen LogP contribution in [-0.2, 0) is 22.3 Å². The summed E-state index contributed by atoms with van der Waals surface area (Å²) in [7, 11) is 0. The molecule has 1 aromatic carbocycles. The van der Waals surface area contributed by atoms with Crippen molar-refractivity contribution in [2.45, 2.75) is 104 Å². The molecule has 0 aliphatic rings. The first kappa shape index (κ1) is 28.5. The van der Waals surface area contributed by atoms with E-state index >= 15 is 0 Å². The van der Waals surface area contributed by atoms with E-state index in [1.54, 1.807) is 0 Å². The Morgan fingerprint density at radius 1 is 0.559 bits per heavy atom. The second kappa shape index (κ2) is 19.5. The fraction of sp³-hybridized carbons (Fsp3) is 0.667. The first-order valence-corrected chi connectivity index (χ1v) is 13.9. The van der Waals surface area contributed by atoms with E-state index in [4.69, 9.17) is 9.47 Å². The van der Waals surface area contributed by atoms with Gasteiger partial charge >= 0.3 is 0 Å². The lowest BCUT2D eigenvalue weighted by molar-refractivity contribution is 0.0513. The molecule has 0 atom stereocenters. The molecule has 0 radical (unpaired) electrons. The number of nitrogens with zero attached hydrogens (tertiary/aromatic N) is 2. The molecule has 2 rings (SSSR count). The molecule has 1 heterocycles. The summed E-state index contributed by atoms with van der Waals surface area (Å²) in [5, 5.41) is 0. The van der Waals surface area contributed by atoms with Crippen LogP contribution in [0.2, 0.25) is 0 Å². The molecule has 0 amide bonds. The highest BCUT2D eigenvalue weighted by atomic mass is 16.5. The van der Waals surface area contributed by atoms with Crippen LogP contribution in [0, 0.1) is 0 Å². The van der Waals surface area contributed by atoms with Gasteiger partial charge in [-0.1, -0.05) is 89.0 Å². The predicted octanol–water partition coefficient (Wildman–Crippen LogP) is 7.98. The molecule has 0 spiro atoms. The second-order valence-electron chi connectivity index (χ2n) is 9.31. The maximum absolute atomic E-state index is 5.56. The Hall–Kier alpha value is -1.78. The highest BCUT2D eigenvalue weighted by molar-refractivity contribution is 5.55. The van der Waals surface area contributed by atoms with Gasteiger partial charge in [-0.15, -0.1) is 0 Å². The van der Waals surface area contributed by atoms with Gasteiger partial charge < -0.3 is 9.47 Å². The van der Waals surface area contributed by atoms with Crippen LogP contribution in [0.25, 0.3) is 11.4 Å². The van der Waals surface area contributed by atoms with Crippen molar-refractivity contribution in [2.24, 2.45) is 0 Å². The third kappa shape index (κ3) is 13.2. The molecule has 0 aliphatic carbocycles. The van der Waals surface area contributed by atoms with Gasteiger partial charge in [0.1, 0.15) is 0 Å². The zero-order valence-corrected chi connectivity index (χ0v) is 21.9. The lowest BCUT2D eigenvalue weighted by Gasteiger charge is -2.06. The van der Waals surface area contributed by atoms with Crippen molar-refractivity contribution >= 4 is 0 Å². The average molecular weight is 469 g/mol. The number of hydrogen-bond donors (Lipinski definition) is 0. The number of aromatic nitrogens is 2. The van der Waals surface area contributed by atoms with Gasteiger partial charge in [0.05, 0.1) is 13.2 Å². The van der Waals surface area contributed by atoms with Crippen molar-refractivity contribution in [3.05, 3.63) is 47.8 Å². The van der Waals surface area contributed by atoms with Crippen LogP contribution in [0.1, 0.15) is 102 Å². The Kier molecular flexibility index (Phi) is 16.3. The van der Waals surface area contributed by atoms with E-state index in [0.717, 1.165) is 37.4 Å². The van der Waals surface area contributed by atoms with Crippen LogP contribution >= 0.6 is 0 Å². The van der Waals surface area contributed by atoms with Gasteiger partial charge in [0.2, 0.25) is 0 Å². The van der Waals surface area contributed by atoms with Crippen LogP contribution in [0.4, 0.5) is 0 Å².